The van der Waals surface area contributed by atoms with Gasteiger partial charge in [0.1, 0.15) is 5.82 Å². The number of rotatable bonds is 5. The van der Waals surface area contributed by atoms with E-state index in [1.807, 2.05) is 6.07 Å². The number of nitrogens with zero attached hydrogens (tertiary/aromatic N) is 4. The molecule has 2 heterocycles. The van der Waals surface area contributed by atoms with E-state index in [2.05, 4.69) is 39.2 Å². The van der Waals surface area contributed by atoms with Gasteiger partial charge in [0, 0.05) is 19.1 Å². The van der Waals surface area contributed by atoms with Crippen molar-refractivity contribution in [3.8, 4) is 0 Å². The van der Waals surface area contributed by atoms with Crippen molar-refractivity contribution >= 4 is 11.6 Å². The lowest BCUT2D eigenvalue weighted by molar-refractivity contribution is 0.513. The van der Waals surface area contributed by atoms with Crippen molar-refractivity contribution in [2.45, 2.75) is 45.6 Å². The summed E-state index contributed by atoms with van der Waals surface area (Å²) in [6, 6.07) is 7.09. The lowest BCUT2D eigenvalue weighted by atomic mass is 10.0. The second kappa shape index (κ2) is 7.55. The summed E-state index contributed by atoms with van der Waals surface area (Å²) in [7, 11) is 0. The Labute approximate surface area is 142 Å². The zero-order chi connectivity index (χ0) is 16.9. The molecule has 1 aromatic heterocycles. The molecule has 1 saturated heterocycles. The Morgan fingerprint density at radius 1 is 1.08 bits per heavy atom. The fourth-order valence-corrected chi connectivity index (χ4v) is 3.08. The predicted octanol–water partition coefficient (Wildman–Crippen LogP) is 3.22. The largest absolute Gasteiger partial charge is 0.380 e. The van der Waals surface area contributed by atoms with Gasteiger partial charge in [0.2, 0.25) is 5.95 Å². The summed E-state index contributed by atoms with van der Waals surface area (Å²) in [5, 5.41) is 11.9. The molecule has 5 nitrogen and oxygen atoms in total. The molecule has 0 spiro atoms. The van der Waals surface area contributed by atoms with Gasteiger partial charge >= 0.3 is 0 Å². The van der Waals surface area contributed by atoms with Crippen molar-refractivity contribution in [1.82, 2.24) is 15.2 Å². The van der Waals surface area contributed by atoms with Gasteiger partial charge in [-0.25, -0.2) is 9.37 Å². The van der Waals surface area contributed by atoms with Crippen LogP contribution in [-0.2, 0) is 12.8 Å². The van der Waals surface area contributed by atoms with Crippen LogP contribution in [0, 0.1) is 5.82 Å². The first kappa shape index (κ1) is 16.6. The van der Waals surface area contributed by atoms with E-state index in [1.54, 1.807) is 12.1 Å². The molecular formula is C18H24FN5. The lowest BCUT2D eigenvalue weighted by Gasteiger charge is -2.32. The molecule has 6 heteroatoms. The van der Waals surface area contributed by atoms with Crippen molar-refractivity contribution in [2.75, 3.05) is 23.3 Å². The molecule has 0 amide bonds. The van der Waals surface area contributed by atoms with E-state index in [4.69, 9.17) is 0 Å². The van der Waals surface area contributed by atoms with Crippen LogP contribution in [-0.4, -0.2) is 34.3 Å². The number of hydrogen-bond donors (Lipinski definition) is 1. The van der Waals surface area contributed by atoms with Crippen LogP contribution in [0.25, 0.3) is 0 Å². The normalized spacial score (nSPS) is 15.5. The minimum atomic E-state index is -0.199. The van der Waals surface area contributed by atoms with E-state index in [9.17, 15) is 4.39 Å². The molecule has 0 saturated carbocycles. The maximum atomic E-state index is 13.7. The first-order valence-electron chi connectivity index (χ1n) is 8.69. The first-order chi connectivity index (χ1) is 11.7. The number of aromatic nitrogens is 3. The molecule has 0 radical (unpaired) electrons. The number of piperidine rings is 1. The fourth-order valence-electron chi connectivity index (χ4n) is 3.08. The molecule has 0 aliphatic carbocycles. The van der Waals surface area contributed by atoms with Gasteiger partial charge in [-0.2, -0.15) is 5.10 Å². The summed E-state index contributed by atoms with van der Waals surface area (Å²) in [6.45, 7) is 5.87. The molecule has 2 aromatic rings. The third kappa shape index (κ3) is 3.63. The first-order valence-corrected chi connectivity index (χ1v) is 8.69. The molecule has 0 unspecified atom stereocenters. The summed E-state index contributed by atoms with van der Waals surface area (Å²) in [5.41, 5.74) is 2.60. The highest BCUT2D eigenvalue weighted by Gasteiger charge is 2.22. The van der Waals surface area contributed by atoms with E-state index in [-0.39, 0.29) is 11.9 Å². The quantitative estimate of drug-likeness (QED) is 0.913. The molecule has 1 aliphatic rings. The number of para-hydroxylation sites is 1. The zero-order valence-electron chi connectivity index (χ0n) is 14.3. The van der Waals surface area contributed by atoms with E-state index in [0.717, 1.165) is 50.2 Å². The Morgan fingerprint density at radius 2 is 1.79 bits per heavy atom. The number of benzene rings is 1. The van der Waals surface area contributed by atoms with Crippen LogP contribution in [0.2, 0.25) is 0 Å². The molecule has 1 aromatic carbocycles. The third-order valence-electron chi connectivity index (χ3n) is 4.51. The van der Waals surface area contributed by atoms with Crippen molar-refractivity contribution < 1.29 is 4.39 Å². The number of nitrogens with one attached hydrogen (secondary N) is 1. The summed E-state index contributed by atoms with van der Waals surface area (Å²) < 4.78 is 13.7. The summed E-state index contributed by atoms with van der Waals surface area (Å²) in [5.74, 6) is 0.517. The standard InChI is InChI=1S/C18H24FN5/c1-3-15-16(4-2)22-23-18(21-15)24-11-9-13(10-12-24)20-17-8-6-5-7-14(17)19/h5-8,13,20H,3-4,9-12H2,1-2H3. The van der Waals surface area contributed by atoms with Gasteiger partial charge in [0.25, 0.3) is 0 Å². The monoisotopic (exact) mass is 329 g/mol. The topological polar surface area (TPSA) is 53.9 Å². The van der Waals surface area contributed by atoms with Crippen molar-refractivity contribution in [1.29, 1.82) is 0 Å². The minimum absolute atomic E-state index is 0.199. The van der Waals surface area contributed by atoms with Gasteiger partial charge in [-0.05, 0) is 37.8 Å². The van der Waals surface area contributed by atoms with Crippen LogP contribution < -0.4 is 10.2 Å². The lowest BCUT2D eigenvalue weighted by Crippen LogP contribution is -2.40. The Kier molecular flexibility index (Phi) is 5.23. The average molecular weight is 329 g/mol. The number of halogens is 1. The molecule has 0 atom stereocenters. The highest BCUT2D eigenvalue weighted by Crippen LogP contribution is 2.21. The summed E-state index contributed by atoms with van der Waals surface area (Å²) >= 11 is 0. The molecule has 0 bridgehead atoms. The van der Waals surface area contributed by atoms with E-state index in [1.165, 1.54) is 6.07 Å². The molecule has 1 aliphatic heterocycles. The average Bonchev–Trinajstić information content (AvgIpc) is 2.63. The fraction of sp³-hybridized carbons (Fsp3) is 0.500. The van der Waals surface area contributed by atoms with E-state index >= 15 is 0 Å². The van der Waals surface area contributed by atoms with Gasteiger partial charge < -0.3 is 10.2 Å². The Hall–Kier alpha value is -2.24. The second-order valence-electron chi connectivity index (χ2n) is 6.10. The van der Waals surface area contributed by atoms with Crippen LogP contribution in [0.4, 0.5) is 16.0 Å². The second-order valence-corrected chi connectivity index (χ2v) is 6.10. The van der Waals surface area contributed by atoms with Crippen molar-refractivity contribution in [2.24, 2.45) is 0 Å². The molecule has 3 rings (SSSR count). The number of aryl methyl sites for hydroxylation is 2. The van der Waals surface area contributed by atoms with Crippen LogP contribution in [0.3, 0.4) is 0 Å². The highest BCUT2D eigenvalue weighted by atomic mass is 19.1. The summed E-state index contributed by atoms with van der Waals surface area (Å²) in [4.78, 5) is 6.85. The number of anilines is 2. The Balaban J connectivity index is 1.62. The molecular weight excluding hydrogens is 305 g/mol. The number of hydrogen-bond acceptors (Lipinski definition) is 5. The van der Waals surface area contributed by atoms with Crippen LogP contribution >= 0.6 is 0 Å². The van der Waals surface area contributed by atoms with Gasteiger partial charge in [-0.1, -0.05) is 26.0 Å². The molecule has 24 heavy (non-hydrogen) atoms. The summed E-state index contributed by atoms with van der Waals surface area (Å²) in [6.07, 6.45) is 3.58. The van der Waals surface area contributed by atoms with E-state index < -0.39 is 0 Å². The predicted molar refractivity (Wildman–Crippen MR) is 93.8 cm³/mol. The Bertz CT molecular complexity index is 683. The van der Waals surface area contributed by atoms with Crippen LogP contribution in [0.1, 0.15) is 38.1 Å². The van der Waals surface area contributed by atoms with Gasteiger partial charge in [-0.3, -0.25) is 0 Å². The van der Waals surface area contributed by atoms with Gasteiger partial charge in [0.05, 0.1) is 17.1 Å². The minimum Gasteiger partial charge on any atom is -0.380 e. The van der Waals surface area contributed by atoms with Crippen molar-refractivity contribution in [3.63, 3.8) is 0 Å². The molecule has 1 N–H and O–H groups in total. The SMILES string of the molecule is CCc1nnc(N2CCC(Nc3ccccc3F)CC2)nc1CC. The van der Waals surface area contributed by atoms with Gasteiger partial charge in [0.15, 0.2) is 0 Å². The van der Waals surface area contributed by atoms with Crippen LogP contribution in [0.5, 0.6) is 0 Å². The van der Waals surface area contributed by atoms with E-state index in [0.29, 0.717) is 11.6 Å². The third-order valence-corrected chi connectivity index (χ3v) is 4.51. The zero-order valence-corrected chi connectivity index (χ0v) is 14.3. The molecule has 128 valence electrons. The van der Waals surface area contributed by atoms with Gasteiger partial charge in [-0.15, -0.1) is 5.10 Å². The highest BCUT2D eigenvalue weighted by molar-refractivity contribution is 5.45. The van der Waals surface area contributed by atoms with Crippen molar-refractivity contribution in [3.05, 3.63) is 41.5 Å². The maximum Gasteiger partial charge on any atom is 0.245 e. The Morgan fingerprint density at radius 3 is 2.46 bits per heavy atom. The smallest absolute Gasteiger partial charge is 0.245 e. The van der Waals surface area contributed by atoms with Crippen LogP contribution in [0.15, 0.2) is 24.3 Å². The molecule has 1 fully saturated rings. The maximum absolute atomic E-state index is 13.7.